The Balaban J connectivity index is 1.64. The molecule has 1 saturated heterocycles. The second-order valence-corrected chi connectivity index (χ2v) is 6.21. The Morgan fingerprint density at radius 2 is 1.87 bits per heavy atom. The lowest BCUT2D eigenvalue weighted by atomic mass is 10.1. The number of carboxylic acids is 1. The van der Waals surface area contributed by atoms with Gasteiger partial charge in [0.05, 0.1) is 32.1 Å². The number of benzene rings is 2. The number of nitrogens with zero attached hydrogens (tertiary/aromatic N) is 1. The Hall–Kier alpha value is -2.33. The zero-order chi connectivity index (χ0) is 16.2. The molecule has 0 radical (unpaired) electrons. The highest BCUT2D eigenvalue weighted by Crippen LogP contribution is 2.19. The molecule has 0 bridgehead atoms. The van der Waals surface area contributed by atoms with Gasteiger partial charge in [0.1, 0.15) is 6.54 Å². The van der Waals surface area contributed by atoms with Gasteiger partial charge >= 0.3 is 0 Å². The number of hydrogen-bond donors (Lipinski definition) is 1. The summed E-state index contributed by atoms with van der Waals surface area (Å²) in [7, 11) is 0. The molecule has 2 aromatic carbocycles. The highest BCUT2D eigenvalue weighted by atomic mass is 16.4. The molecule has 1 aliphatic heterocycles. The van der Waals surface area contributed by atoms with Crippen LogP contribution >= 0.6 is 0 Å². The van der Waals surface area contributed by atoms with E-state index < -0.39 is 5.97 Å². The molecule has 0 spiro atoms. The van der Waals surface area contributed by atoms with Crippen molar-refractivity contribution in [1.29, 1.82) is 0 Å². The Labute approximate surface area is 137 Å². The normalized spacial score (nSPS) is 15.6. The topological polar surface area (TPSA) is 47.8 Å². The maximum absolute atomic E-state index is 11.3. The molecule has 0 saturated carbocycles. The number of rotatable bonds is 4. The smallest absolute Gasteiger partial charge is 0.103 e. The summed E-state index contributed by atoms with van der Waals surface area (Å²) >= 11 is 0. The van der Waals surface area contributed by atoms with Crippen LogP contribution in [0.4, 0.5) is 5.69 Å². The number of piperazine rings is 1. The Kier molecular flexibility index (Phi) is 4.63. The first-order valence-electron chi connectivity index (χ1n) is 8.08. The van der Waals surface area contributed by atoms with Crippen LogP contribution in [-0.2, 0) is 6.54 Å². The van der Waals surface area contributed by atoms with Crippen molar-refractivity contribution in [3.05, 3.63) is 65.2 Å². The van der Waals surface area contributed by atoms with Gasteiger partial charge in [-0.3, -0.25) is 0 Å². The van der Waals surface area contributed by atoms with Crippen LogP contribution in [0.15, 0.2) is 48.5 Å². The van der Waals surface area contributed by atoms with Gasteiger partial charge in [-0.25, -0.2) is 0 Å². The van der Waals surface area contributed by atoms with E-state index in [1.54, 1.807) is 12.1 Å². The van der Waals surface area contributed by atoms with Gasteiger partial charge in [0, 0.05) is 16.8 Å². The minimum absolute atomic E-state index is 0.287. The summed E-state index contributed by atoms with van der Waals surface area (Å²) in [5.74, 6) is -1.10. The van der Waals surface area contributed by atoms with Crippen LogP contribution in [0.3, 0.4) is 0 Å². The van der Waals surface area contributed by atoms with Crippen molar-refractivity contribution < 1.29 is 14.8 Å². The number of aryl methyl sites for hydroxylation is 1. The van der Waals surface area contributed by atoms with Gasteiger partial charge in [-0.15, -0.1) is 0 Å². The van der Waals surface area contributed by atoms with Crippen LogP contribution < -0.4 is 14.9 Å². The molecule has 1 heterocycles. The molecule has 4 nitrogen and oxygen atoms in total. The fraction of sp³-hybridized carbons (Fsp3) is 0.316. The molecule has 0 amide bonds. The summed E-state index contributed by atoms with van der Waals surface area (Å²) in [6, 6.07) is 15.8. The van der Waals surface area contributed by atoms with E-state index in [2.05, 4.69) is 36.1 Å². The molecule has 0 atom stereocenters. The van der Waals surface area contributed by atoms with Gasteiger partial charge < -0.3 is 19.7 Å². The zero-order valence-electron chi connectivity index (χ0n) is 13.4. The van der Waals surface area contributed by atoms with Crippen LogP contribution in [0.25, 0.3) is 0 Å². The maximum Gasteiger partial charge on any atom is 0.103 e. The number of hydrogen-bond acceptors (Lipinski definition) is 3. The van der Waals surface area contributed by atoms with E-state index >= 15 is 0 Å². The first-order chi connectivity index (χ1) is 11.1. The van der Waals surface area contributed by atoms with Gasteiger partial charge in [-0.2, -0.15) is 0 Å². The van der Waals surface area contributed by atoms with E-state index in [0.717, 1.165) is 38.4 Å². The molecule has 1 fully saturated rings. The monoisotopic (exact) mass is 310 g/mol. The standard InChI is InChI=1S/C19H22N2O2/c1-15-5-4-6-16(13-15)14-20-9-11-21(12-10-20)18-8-3-2-7-17(18)19(22)23/h2-8,13H,9-12,14H2,1H3,(H,22,23). The quantitative estimate of drug-likeness (QED) is 0.881. The van der Waals surface area contributed by atoms with Crippen molar-refractivity contribution in [3.8, 4) is 0 Å². The third kappa shape index (κ3) is 3.71. The molecule has 0 aliphatic carbocycles. The Bertz CT molecular complexity index is 691. The molecule has 0 unspecified atom stereocenters. The number of carboxylic acid groups (broad SMARTS) is 1. The third-order valence-corrected chi connectivity index (χ3v) is 4.47. The van der Waals surface area contributed by atoms with E-state index in [1.807, 2.05) is 12.1 Å². The third-order valence-electron chi connectivity index (χ3n) is 4.47. The lowest BCUT2D eigenvalue weighted by Crippen LogP contribution is -3.13. The molecule has 3 rings (SSSR count). The molecular formula is C19H22N2O2. The molecule has 120 valence electrons. The van der Waals surface area contributed by atoms with Crippen molar-refractivity contribution in [1.82, 2.24) is 0 Å². The molecule has 1 aliphatic rings. The van der Waals surface area contributed by atoms with Gasteiger partial charge in [0.2, 0.25) is 0 Å². The first-order valence-corrected chi connectivity index (χ1v) is 8.08. The average molecular weight is 310 g/mol. The van der Waals surface area contributed by atoms with E-state index in [9.17, 15) is 9.90 Å². The highest BCUT2D eigenvalue weighted by Gasteiger charge is 2.22. The summed E-state index contributed by atoms with van der Waals surface area (Å²) in [6.45, 7) is 6.90. The minimum Gasteiger partial charge on any atom is -0.545 e. The first kappa shape index (κ1) is 15.6. The van der Waals surface area contributed by atoms with E-state index in [4.69, 9.17) is 0 Å². The predicted molar refractivity (Wildman–Crippen MR) is 88.6 cm³/mol. The highest BCUT2D eigenvalue weighted by molar-refractivity contribution is 5.93. The second kappa shape index (κ2) is 6.84. The number of para-hydroxylation sites is 1. The Morgan fingerprint density at radius 1 is 1.13 bits per heavy atom. The van der Waals surface area contributed by atoms with Crippen molar-refractivity contribution >= 4 is 11.7 Å². The van der Waals surface area contributed by atoms with Gasteiger partial charge in [0.25, 0.3) is 0 Å². The zero-order valence-corrected chi connectivity index (χ0v) is 13.4. The van der Waals surface area contributed by atoms with Crippen LogP contribution in [0.2, 0.25) is 0 Å². The van der Waals surface area contributed by atoms with Crippen LogP contribution in [0.1, 0.15) is 21.5 Å². The van der Waals surface area contributed by atoms with Crippen LogP contribution in [0.5, 0.6) is 0 Å². The number of nitrogens with one attached hydrogen (secondary N) is 1. The molecule has 0 aromatic heterocycles. The predicted octanol–water partition coefficient (Wildman–Crippen LogP) is 0.264. The lowest BCUT2D eigenvalue weighted by Gasteiger charge is -2.34. The van der Waals surface area contributed by atoms with Crippen molar-refractivity contribution in [2.75, 3.05) is 31.1 Å². The number of anilines is 1. The number of carbonyl (C=O) groups excluding carboxylic acids is 1. The van der Waals surface area contributed by atoms with Gasteiger partial charge in [-0.1, -0.05) is 48.0 Å². The van der Waals surface area contributed by atoms with Crippen molar-refractivity contribution in [3.63, 3.8) is 0 Å². The Morgan fingerprint density at radius 3 is 2.57 bits per heavy atom. The fourth-order valence-electron chi connectivity index (χ4n) is 3.27. The molecule has 1 N–H and O–H groups in total. The fourth-order valence-corrected chi connectivity index (χ4v) is 3.27. The van der Waals surface area contributed by atoms with E-state index in [-0.39, 0.29) is 5.56 Å². The molecule has 4 heteroatoms. The minimum atomic E-state index is -1.10. The number of aromatic carboxylic acids is 1. The second-order valence-electron chi connectivity index (χ2n) is 6.21. The number of quaternary nitrogens is 1. The summed E-state index contributed by atoms with van der Waals surface area (Å²) in [5.41, 5.74) is 3.73. The number of carbonyl (C=O) groups is 1. The van der Waals surface area contributed by atoms with E-state index in [0.29, 0.717) is 0 Å². The van der Waals surface area contributed by atoms with Crippen molar-refractivity contribution in [2.24, 2.45) is 0 Å². The van der Waals surface area contributed by atoms with Gasteiger partial charge in [-0.05, 0) is 13.0 Å². The maximum atomic E-state index is 11.3. The summed E-state index contributed by atoms with van der Waals surface area (Å²) < 4.78 is 0. The van der Waals surface area contributed by atoms with Crippen LogP contribution in [0, 0.1) is 6.92 Å². The lowest BCUT2D eigenvalue weighted by molar-refractivity contribution is -0.914. The van der Waals surface area contributed by atoms with E-state index in [1.165, 1.54) is 16.0 Å². The molecule has 2 aromatic rings. The van der Waals surface area contributed by atoms with Gasteiger partial charge in [0.15, 0.2) is 0 Å². The van der Waals surface area contributed by atoms with Crippen LogP contribution in [-0.4, -0.2) is 32.1 Å². The summed E-state index contributed by atoms with van der Waals surface area (Å²) in [5, 5.41) is 11.3. The SMILES string of the molecule is Cc1cccc(C[NH+]2CCN(c3ccccc3C(=O)[O-])CC2)c1. The van der Waals surface area contributed by atoms with Crippen molar-refractivity contribution in [2.45, 2.75) is 13.5 Å². The molecular weight excluding hydrogens is 288 g/mol. The largest absolute Gasteiger partial charge is 0.545 e. The summed E-state index contributed by atoms with van der Waals surface area (Å²) in [6.07, 6.45) is 0. The average Bonchev–Trinajstić information content (AvgIpc) is 2.55. The summed E-state index contributed by atoms with van der Waals surface area (Å²) in [4.78, 5) is 15.0. The molecule has 23 heavy (non-hydrogen) atoms.